The highest BCUT2D eigenvalue weighted by Gasteiger charge is 2.62. The fraction of sp³-hybridized carbons (Fsp3) is 0.900. The number of ether oxygens (including phenoxy) is 4. The van der Waals surface area contributed by atoms with Crippen LogP contribution in [0.5, 0.6) is 0 Å². The first-order valence-electron chi connectivity index (χ1n) is 14.5. The van der Waals surface area contributed by atoms with Gasteiger partial charge in [-0.3, -0.25) is 4.79 Å². The van der Waals surface area contributed by atoms with Gasteiger partial charge in [-0.05, 0) is 98.7 Å². The number of carbonyl (C=O) groups excluding carboxylic acids is 1. The first-order chi connectivity index (χ1) is 17.5. The molecular formula is C30H48O7. The van der Waals surface area contributed by atoms with Gasteiger partial charge in [-0.2, -0.15) is 0 Å². The lowest BCUT2D eigenvalue weighted by molar-refractivity contribution is -0.330. The van der Waals surface area contributed by atoms with E-state index in [2.05, 4.69) is 26.5 Å². The molecule has 5 aliphatic rings. The van der Waals surface area contributed by atoms with Crippen LogP contribution in [-0.2, 0) is 23.7 Å². The zero-order valence-electron chi connectivity index (χ0n) is 23.3. The Bertz CT molecular complexity index is 863. The highest BCUT2D eigenvalue weighted by molar-refractivity contribution is 5.66. The summed E-state index contributed by atoms with van der Waals surface area (Å²) in [7, 11) is 1.49. The Morgan fingerprint density at radius 3 is 2.30 bits per heavy atom. The van der Waals surface area contributed by atoms with E-state index in [0.29, 0.717) is 29.6 Å². The van der Waals surface area contributed by atoms with Crippen LogP contribution in [0.1, 0.15) is 79.1 Å². The normalized spacial score (nSPS) is 53.5. The van der Waals surface area contributed by atoms with Gasteiger partial charge in [-0.15, -0.1) is 6.58 Å². The van der Waals surface area contributed by atoms with Gasteiger partial charge in [-0.1, -0.05) is 19.9 Å². The predicted molar refractivity (Wildman–Crippen MR) is 138 cm³/mol. The molecule has 2 N–H and O–H groups in total. The van der Waals surface area contributed by atoms with E-state index in [1.165, 1.54) is 39.7 Å². The monoisotopic (exact) mass is 520 g/mol. The number of aliphatic hydroxyl groups is 2. The van der Waals surface area contributed by atoms with E-state index < -0.39 is 48.9 Å². The molecule has 14 atom stereocenters. The molecule has 5 rings (SSSR count). The van der Waals surface area contributed by atoms with E-state index in [1.807, 2.05) is 0 Å². The summed E-state index contributed by atoms with van der Waals surface area (Å²) in [5.74, 6) is 2.42. The molecule has 1 heterocycles. The molecule has 7 heteroatoms. The second-order valence-corrected chi connectivity index (χ2v) is 13.2. The van der Waals surface area contributed by atoms with Gasteiger partial charge in [-0.25, -0.2) is 0 Å². The molecule has 0 aromatic carbocycles. The molecule has 37 heavy (non-hydrogen) atoms. The van der Waals surface area contributed by atoms with Crippen LogP contribution >= 0.6 is 0 Å². The van der Waals surface area contributed by atoms with Gasteiger partial charge in [0, 0.05) is 14.0 Å². The maximum Gasteiger partial charge on any atom is 0.303 e. The van der Waals surface area contributed by atoms with E-state index >= 15 is 0 Å². The van der Waals surface area contributed by atoms with Crippen LogP contribution < -0.4 is 0 Å². The highest BCUT2D eigenvalue weighted by atomic mass is 16.7. The lowest BCUT2D eigenvalue weighted by Crippen LogP contribution is -2.63. The van der Waals surface area contributed by atoms with Gasteiger partial charge in [0.1, 0.15) is 12.2 Å². The van der Waals surface area contributed by atoms with Crippen LogP contribution in [0.2, 0.25) is 0 Å². The number of methoxy groups -OCH3 is 1. The van der Waals surface area contributed by atoms with Crippen LogP contribution in [0.15, 0.2) is 12.7 Å². The van der Waals surface area contributed by atoms with Gasteiger partial charge in [0.2, 0.25) is 0 Å². The molecule has 0 spiro atoms. The number of hydrogen-bond donors (Lipinski definition) is 2. The largest absolute Gasteiger partial charge is 0.454 e. The first-order valence-corrected chi connectivity index (χ1v) is 14.5. The molecule has 0 radical (unpaired) electrons. The molecule has 1 aliphatic heterocycles. The van der Waals surface area contributed by atoms with Crippen LogP contribution in [0.3, 0.4) is 0 Å². The topological polar surface area (TPSA) is 94.5 Å². The average Bonchev–Trinajstić information content (AvgIpc) is 3.20. The van der Waals surface area contributed by atoms with Crippen molar-refractivity contribution in [3.8, 4) is 0 Å². The summed E-state index contributed by atoms with van der Waals surface area (Å²) in [5.41, 5.74) is 0.452. The fourth-order valence-corrected chi connectivity index (χ4v) is 9.74. The number of allylic oxidation sites excluding steroid dienone is 1. The molecular weight excluding hydrogens is 472 g/mol. The number of esters is 1. The third-order valence-corrected chi connectivity index (χ3v) is 11.7. The SMILES string of the molecule is C=C[C@H]1CC[C@H]2[C@@H]3CC[C@@H]4[C@@H](O[C@@H]5O[C@@H](C)[C@@H](O)[C@@H](OC)[C@@H]5OC(C)=O)[C@@H](O)CC[C@]4(C)[C@H]3CC[C@]12C. The zero-order chi connectivity index (χ0) is 26.7. The predicted octanol–water partition coefficient (Wildman–Crippen LogP) is 4.24. The summed E-state index contributed by atoms with van der Waals surface area (Å²) < 4.78 is 23.8. The summed E-state index contributed by atoms with van der Waals surface area (Å²) in [4.78, 5) is 11.9. The molecule has 0 unspecified atom stereocenters. The third-order valence-electron chi connectivity index (χ3n) is 11.7. The van der Waals surface area contributed by atoms with Gasteiger partial charge in [0.15, 0.2) is 12.4 Å². The fourth-order valence-electron chi connectivity index (χ4n) is 9.74. The summed E-state index contributed by atoms with van der Waals surface area (Å²) in [6.45, 7) is 12.2. The van der Waals surface area contributed by atoms with Crippen molar-refractivity contribution in [1.82, 2.24) is 0 Å². The molecule has 0 aromatic heterocycles. The minimum atomic E-state index is -0.950. The Kier molecular flexibility index (Phi) is 7.60. The van der Waals surface area contributed by atoms with E-state index in [9.17, 15) is 15.0 Å². The van der Waals surface area contributed by atoms with Crippen molar-refractivity contribution in [3.63, 3.8) is 0 Å². The molecule has 7 nitrogen and oxygen atoms in total. The minimum Gasteiger partial charge on any atom is -0.454 e. The Labute approximate surface area is 222 Å². The van der Waals surface area contributed by atoms with Crippen molar-refractivity contribution in [2.24, 2.45) is 40.4 Å². The second kappa shape index (κ2) is 10.2. The number of fused-ring (bicyclic) bond motifs is 5. The lowest BCUT2D eigenvalue weighted by atomic mass is 9.44. The lowest BCUT2D eigenvalue weighted by Gasteiger charge is -2.62. The van der Waals surface area contributed by atoms with E-state index in [4.69, 9.17) is 18.9 Å². The average molecular weight is 521 g/mol. The van der Waals surface area contributed by atoms with Crippen molar-refractivity contribution >= 4 is 5.97 Å². The molecule has 0 amide bonds. The van der Waals surface area contributed by atoms with Gasteiger partial charge >= 0.3 is 5.97 Å². The molecule has 0 aromatic rings. The first kappa shape index (κ1) is 27.6. The number of aliphatic hydroxyl groups excluding tert-OH is 2. The summed E-state index contributed by atoms with van der Waals surface area (Å²) in [6, 6.07) is 0. The number of carbonyl (C=O) groups is 1. The Morgan fingerprint density at radius 1 is 0.946 bits per heavy atom. The smallest absolute Gasteiger partial charge is 0.303 e. The zero-order valence-corrected chi connectivity index (χ0v) is 23.3. The van der Waals surface area contributed by atoms with Crippen LogP contribution in [-0.4, -0.2) is 66.2 Å². The summed E-state index contributed by atoms with van der Waals surface area (Å²) >= 11 is 0. The van der Waals surface area contributed by atoms with Crippen molar-refractivity contribution < 1.29 is 34.0 Å². The van der Waals surface area contributed by atoms with Crippen molar-refractivity contribution in [2.75, 3.05) is 7.11 Å². The van der Waals surface area contributed by atoms with Crippen molar-refractivity contribution in [2.45, 2.75) is 122 Å². The molecule has 5 fully saturated rings. The van der Waals surface area contributed by atoms with E-state index in [1.54, 1.807) is 6.92 Å². The highest BCUT2D eigenvalue weighted by Crippen LogP contribution is 2.67. The molecule has 4 saturated carbocycles. The van der Waals surface area contributed by atoms with Gasteiger partial charge in [0.05, 0.1) is 18.3 Å². The maximum absolute atomic E-state index is 11.9. The number of rotatable bonds is 5. The minimum absolute atomic E-state index is 0.0811. The quantitative estimate of drug-likeness (QED) is 0.414. The Hall–Kier alpha value is -0.990. The molecule has 1 saturated heterocycles. The van der Waals surface area contributed by atoms with Crippen LogP contribution in [0, 0.1) is 40.4 Å². The third kappa shape index (κ3) is 4.41. The summed E-state index contributed by atoms with van der Waals surface area (Å²) in [5, 5.41) is 21.9. The van der Waals surface area contributed by atoms with Gasteiger partial charge in [0.25, 0.3) is 0 Å². The van der Waals surface area contributed by atoms with E-state index in [-0.39, 0.29) is 11.3 Å². The van der Waals surface area contributed by atoms with Crippen molar-refractivity contribution in [1.29, 1.82) is 0 Å². The van der Waals surface area contributed by atoms with E-state index in [0.717, 1.165) is 25.2 Å². The van der Waals surface area contributed by atoms with Crippen LogP contribution in [0.4, 0.5) is 0 Å². The van der Waals surface area contributed by atoms with Crippen LogP contribution in [0.25, 0.3) is 0 Å². The van der Waals surface area contributed by atoms with Gasteiger partial charge < -0.3 is 29.2 Å². The summed E-state index contributed by atoms with van der Waals surface area (Å²) in [6.07, 6.45) is 6.01. The maximum atomic E-state index is 11.9. The molecule has 4 aliphatic carbocycles. The molecule has 0 bridgehead atoms. The second-order valence-electron chi connectivity index (χ2n) is 13.2. The molecule has 210 valence electrons. The standard InChI is InChI=1S/C30H48O7/c1-7-18-8-10-20-19-9-11-22-25(23(32)13-15-30(22,5)21(19)12-14-29(18,20)4)37-28-27(36-17(3)31)26(34-6)24(33)16(2)35-28/h7,16,18-28,32-33H,1,8-15H2,2-6H3/t16-,18-,19-,20-,21-,22+,23-,24+,25+,26+,27-,28-,29+,30+/m0/s1. The Morgan fingerprint density at radius 2 is 1.62 bits per heavy atom. The Balaban J connectivity index is 1.39. The van der Waals surface area contributed by atoms with Crippen molar-refractivity contribution in [3.05, 3.63) is 12.7 Å². The number of hydrogen-bond acceptors (Lipinski definition) is 7.